The average molecular weight is 321 g/mol. The van der Waals surface area contributed by atoms with Gasteiger partial charge in [-0.2, -0.15) is 5.10 Å². The van der Waals surface area contributed by atoms with Crippen molar-refractivity contribution in [3.63, 3.8) is 0 Å². The number of hydrogen-bond donors (Lipinski definition) is 2. The van der Waals surface area contributed by atoms with Crippen LogP contribution in [0.15, 0.2) is 34.1 Å². The minimum atomic E-state index is -0.0188. The van der Waals surface area contributed by atoms with Crippen LogP contribution in [0.2, 0.25) is 0 Å². The Morgan fingerprint density at radius 3 is 2.27 bits per heavy atom. The Bertz CT molecular complexity index is 564. The van der Waals surface area contributed by atoms with Crippen LogP contribution in [0.1, 0.15) is 37.2 Å². The van der Waals surface area contributed by atoms with Crippen molar-refractivity contribution in [3.8, 4) is 0 Å². The van der Waals surface area contributed by atoms with Crippen LogP contribution >= 0.6 is 11.8 Å². The fourth-order valence-corrected chi connectivity index (χ4v) is 2.91. The van der Waals surface area contributed by atoms with Gasteiger partial charge in [0.15, 0.2) is 0 Å². The molecule has 122 valence electrons. The second kappa shape index (κ2) is 9.66. The first-order valence-electron chi connectivity index (χ1n) is 7.69. The van der Waals surface area contributed by atoms with Crippen LogP contribution < -0.4 is 5.73 Å². The zero-order valence-corrected chi connectivity index (χ0v) is 14.8. The molecule has 5 heteroatoms. The van der Waals surface area contributed by atoms with Crippen LogP contribution in [0, 0.1) is 13.8 Å². The number of hydrogen-bond acceptors (Lipinski definition) is 4. The number of aliphatic hydroxyl groups excluding tert-OH is 1. The van der Waals surface area contributed by atoms with E-state index in [1.165, 1.54) is 12.0 Å². The average Bonchev–Trinajstić information content (AvgIpc) is 2.78. The van der Waals surface area contributed by atoms with E-state index in [1.54, 1.807) is 16.4 Å². The molecule has 0 bridgehead atoms. The number of nitrogens with zero attached hydrogens (tertiary/aromatic N) is 2. The Hall–Kier alpha value is -1.30. The van der Waals surface area contributed by atoms with E-state index < -0.39 is 0 Å². The molecule has 2 rings (SSSR count). The molecule has 1 aromatic carbocycles. The molecule has 0 spiro atoms. The summed E-state index contributed by atoms with van der Waals surface area (Å²) in [4.78, 5) is 2.18. The summed E-state index contributed by atoms with van der Waals surface area (Å²) in [5.41, 5.74) is 8.58. The highest BCUT2D eigenvalue weighted by Crippen LogP contribution is 2.33. The second-order valence-corrected chi connectivity index (χ2v) is 6.24. The van der Waals surface area contributed by atoms with Gasteiger partial charge in [-0.05, 0) is 26.0 Å². The van der Waals surface area contributed by atoms with Gasteiger partial charge in [0.05, 0.1) is 29.4 Å². The van der Waals surface area contributed by atoms with Crippen LogP contribution in [0.25, 0.3) is 0 Å². The molecule has 0 fully saturated rings. The molecular formula is C17H27N3OS. The molecule has 1 aromatic heterocycles. The van der Waals surface area contributed by atoms with E-state index in [1.807, 2.05) is 6.92 Å². The number of benzene rings is 1. The van der Waals surface area contributed by atoms with Crippen molar-refractivity contribution >= 4 is 11.8 Å². The first kappa shape index (κ1) is 18.7. The molecule has 0 atom stereocenters. The third-order valence-corrected chi connectivity index (χ3v) is 4.15. The Balaban J connectivity index is 0.000000745. The van der Waals surface area contributed by atoms with E-state index in [0.29, 0.717) is 13.1 Å². The molecule has 22 heavy (non-hydrogen) atoms. The van der Waals surface area contributed by atoms with Crippen LogP contribution in [0.4, 0.5) is 0 Å². The molecule has 2 aromatic rings. The largest absolute Gasteiger partial charge is 0.390 e. The predicted octanol–water partition coefficient (Wildman–Crippen LogP) is 3.52. The SMILES string of the molecule is CCC.Cc1ccc(Sc2c(C)nn(CCN)c2CO)cc1. The predicted molar refractivity (Wildman–Crippen MR) is 93.2 cm³/mol. The van der Waals surface area contributed by atoms with Gasteiger partial charge < -0.3 is 10.8 Å². The van der Waals surface area contributed by atoms with E-state index >= 15 is 0 Å². The molecule has 3 N–H and O–H groups in total. The van der Waals surface area contributed by atoms with Gasteiger partial charge in [-0.3, -0.25) is 4.68 Å². The topological polar surface area (TPSA) is 64.1 Å². The van der Waals surface area contributed by atoms with Crippen molar-refractivity contribution < 1.29 is 5.11 Å². The third-order valence-electron chi connectivity index (χ3n) is 2.90. The van der Waals surface area contributed by atoms with Gasteiger partial charge in [-0.15, -0.1) is 0 Å². The van der Waals surface area contributed by atoms with Crippen LogP contribution in [-0.2, 0) is 13.2 Å². The lowest BCUT2D eigenvalue weighted by atomic mass is 10.2. The molecule has 0 saturated heterocycles. The standard InChI is InChI=1S/C14H19N3OS.C3H8/c1-10-3-5-12(6-4-10)19-14-11(2)16-17(8-7-15)13(14)9-18;1-3-2/h3-6,18H,7-9,15H2,1-2H3;3H2,1-2H3. The van der Waals surface area contributed by atoms with Gasteiger partial charge >= 0.3 is 0 Å². The summed E-state index contributed by atoms with van der Waals surface area (Å²) in [6.07, 6.45) is 1.25. The Labute approximate surface area is 137 Å². The fraction of sp³-hybridized carbons (Fsp3) is 0.471. The minimum absolute atomic E-state index is 0.0188. The first-order chi connectivity index (χ1) is 10.6. The van der Waals surface area contributed by atoms with E-state index in [4.69, 9.17) is 5.73 Å². The normalized spacial score (nSPS) is 10.3. The molecule has 0 aliphatic rings. The quantitative estimate of drug-likeness (QED) is 0.884. The number of aromatic nitrogens is 2. The molecule has 0 aliphatic heterocycles. The van der Waals surface area contributed by atoms with Crippen LogP contribution in [0.5, 0.6) is 0 Å². The Morgan fingerprint density at radius 2 is 1.77 bits per heavy atom. The second-order valence-electron chi connectivity index (χ2n) is 5.15. The summed E-state index contributed by atoms with van der Waals surface area (Å²) in [6.45, 7) is 9.41. The molecular weight excluding hydrogens is 294 g/mol. The third kappa shape index (κ3) is 5.16. The van der Waals surface area contributed by atoms with Crippen molar-refractivity contribution in [3.05, 3.63) is 41.2 Å². The number of aliphatic hydroxyl groups is 1. The van der Waals surface area contributed by atoms with Gasteiger partial charge in [0.1, 0.15) is 0 Å². The molecule has 0 unspecified atom stereocenters. The zero-order chi connectivity index (χ0) is 16.5. The lowest BCUT2D eigenvalue weighted by Gasteiger charge is -2.06. The van der Waals surface area contributed by atoms with Gasteiger partial charge in [-0.1, -0.05) is 49.7 Å². The smallest absolute Gasteiger partial charge is 0.0861 e. The molecule has 4 nitrogen and oxygen atoms in total. The summed E-state index contributed by atoms with van der Waals surface area (Å²) in [5.74, 6) is 0. The van der Waals surface area contributed by atoms with Gasteiger partial charge in [0.25, 0.3) is 0 Å². The van der Waals surface area contributed by atoms with Gasteiger partial charge in [-0.25, -0.2) is 0 Å². The maximum absolute atomic E-state index is 9.55. The van der Waals surface area contributed by atoms with Crippen molar-refractivity contribution in [2.24, 2.45) is 5.73 Å². The van der Waals surface area contributed by atoms with Crippen LogP contribution in [0.3, 0.4) is 0 Å². The Kier molecular flexibility index (Phi) is 8.24. The molecule has 1 heterocycles. The van der Waals surface area contributed by atoms with E-state index in [-0.39, 0.29) is 6.61 Å². The highest BCUT2D eigenvalue weighted by Gasteiger charge is 2.15. The summed E-state index contributed by atoms with van der Waals surface area (Å²) in [6, 6.07) is 8.34. The van der Waals surface area contributed by atoms with Crippen molar-refractivity contribution in [2.45, 2.75) is 57.1 Å². The minimum Gasteiger partial charge on any atom is -0.390 e. The van der Waals surface area contributed by atoms with E-state index in [2.05, 4.69) is 50.1 Å². The highest BCUT2D eigenvalue weighted by molar-refractivity contribution is 7.99. The van der Waals surface area contributed by atoms with Crippen LogP contribution in [-0.4, -0.2) is 21.4 Å². The van der Waals surface area contributed by atoms with Gasteiger partial charge in [0, 0.05) is 11.4 Å². The van der Waals surface area contributed by atoms with Crippen molar-refractivity contribution in [1.82, 2.24) is 9.78 Å². The van der Waals surface area contributed by atoms with E-state index in [9.17, 15) is 5.11 Å². The lowest BCUT2D eigenvalue weighted by Crippen LogP contribution is -2.13. The van der Waals surface area contributed by atoms with Gasteiger partial charge in [0.2, 0.25) is 0 Å². The number of rotatable bonds is 5. The maximum Gasteiger partial charge on any atom is 0.0861 e. The number of nitrogens with two attached hydrogens (primary N) is 1. The lowest BCUT2D eigenvalue weighted by molar-refractivity contribution is 0.265. The monoisotopic (exact) mass is 321 g/mol. The molecule has 0 saturated carbocycles. The molecule has 0 radical (unpaired) electrons. The molecule has 0 amide bonds. The summed E-state index contributed by atoms with van der Waals surface area (Å²) in [7, 11) is 0. The Morgan fingerprint density at radius 1 is 1.18 bits per heavy atom. The number of aryl methyl sites for hydroxylation is 2. The zero-order valence-electron chi connectivity index (χ0n) is 14.0. The molecule has 0 aliphatic carbocycles. The van der Waals surface area contributed by atoms with Crippen molar-refractivity contribution in [2.75, 3.05) is 6.54 Å². The summed E-state index contributed by atoms with van der Waals surface area (Å²) >= 11 is 1.64. The maximum atomic E-state index is 9.55. The fourth-order valence-electron chi connectivity index (χ4n) is 1.93. The summed E-state index contributed by atoms with van der Waals surface area (Å²) < 4.78 is 1.80. The van der Waals surface area contributed by atoms with E-state index in [0.717, 1.165) is 21.2 Å². The first-order valence-corrected chi connectivity index (χ1v) is 8.50. The highest BCUT2D eigenvalue weighted by atomic mass is 32.2. The van der Waals surface area contributed by atoms with Crippen molar-refractivity contribution in [1.29, 1.82) is 0 Å². The summed E-state index contributed by atoms with van der Waals surface area (Å²) in [5, 5.41) is 14.0.